The van der Waals surface area contributed by atoms with Crippen molar-refractivity contribution in [1.29, 1.82) is 0 Å². The molecule has 1 heterocycles. The zero-order valence-corrected chi connectivity index (χ0v) is 11.5. The molecular weight excluding hydrogens is 230 g/mol. The molecule has 0 spiro atoms. The topological polar surface area (TPSA) is 62.7 Å². The normalized spacial score (nSPS) is 10.9. The number of carbonyl (C=O) groups excluding carboxylic acids is 1. The molecule has 0 radical (unpaired) electrons. The van der Waals surface area contributed by atoms with E-state index in [1.807, 2.05) is 31.0 Å². The molecule has 0 aliphatic rings. The van der Waals surface area contributed by atoms with E-state index in [-0.39, 0.29) is 5.91 Å². The third kappa shape index (κ3) is 4.89. The molecule has 0 saturated heterocycles. The summed E-state index contributed by atoms with van der Waals surface area (Å²) >= 11 is 0. The van der Waals surface area contributed by atoms with Crippen LogP contribution in [0.15, 0.2) is 16.5 Å². The number of rotatable bonds is 7. The Hall–Kier alpha value is -1.33. The van der Waals surface area contributed by atoms with Crippen molar-refractivity contribution in [2.45, 2.75) is 19.9 Å². The fourth-order valence-corrected chi connectivity index (χ4v) is 1.68. The first-order valence-corrected chi connectivity index (χ1v) is 6.21. The van der Waals surface area contributed by atoms with Gasteiger partial charge in [-0.15, -0.1) is 0 Å². The van der Waals surface area contributed by atoms with Crippen LogP contribution in [-0.4, -0.2) is 49.4 Å². The highest BCUT2D eigenvalue weighted by molar-refractivity contribution is 5.77. The molecule has 0 aliphatic heterocycles. The van der Waals surface area contributed by atoms with Crippen LogP contribution in [-0.2, 0) is 11.3 Å². The van der Waals surface area contributed by atoms with Gasteiger partial charge in [0.25, 0.3) is 0 Å². The Morgan fingerprint density at radius 2 is 2.11 bits per heavy atom. The summed E-state index contributed by atoms with van der Waals surface area (Å²) in [6, 6.07) is 3.80. The molecule has 1 aromatic rings. The van der Waals surface area contributed by atoms with Gasteiger partial charge in [-0.1, -0.05) is 0 Å². The number of likely N-dealkylation sites (N-methyl/N-ethyl adjacent to an activating group) is 2. The number of amides is 1. The van der Waals surface area contributed by atoms with E-state index in [1.54, 1.807) is 11.9 Å². The number of aryl methyl sites for hydroxylation is 1. The van der Waals surface area contributed by atoms with E-state index in [0.717, 1.165) is 24.5 Å². The van der Waals surface area contributed by atoms with E-state index in [9.17, 15) is 4.79 Å². The standard InChI is InChI=1S/C13H23N3O2/c1-11-5-6-12(18-11)9-16(3)13(17)10-15(2)8-4-7-14/h5-6H,4,7-10,14H2,1-3H3. The molecule has 5 heteroatoms. The molecular formula is C13H23N3O2. The summed E-state index contributed by atoms with van der Waals surface area (Å²) in [4.78, 5) is 15.6. The van der Waals surface area contributed by atoms with Crippen LogP contribution < -0.4 is 5.73 Å². The van der Waals surface area contributed by atoms with E-state index in [0.29, 0.717) is 19.6 Å². The molecule has 1 amide bonds. The summed E-state index contributed by atoms with van der Waals surface area (Å²) < 4.78 is 5.45. The zero-order valence-electron chi connectivity index (χ0n) is 11.5. The molecule has 0 atom stereocenters. The lowest BCUT2D eigenvalue weighted by Gasteiger charge is -2.21. The summed E-state index contributed by atoms with van der Waals surface area (Å²) in [5.74, 6) is 1.77. The van der Waals surface area contributed by atoms with Crippen molar-refractivity contribution in [2.75, 3.05) is 33.7 Å². The summed E-state index contributed by atoms with van der Waals surface area (Å²) in [5, 5.41) is 0. The van der Waals surface area contributed by atoms with Crippen molar-refractivity contribution in [3.05, 3.63) is 23.7 Å². The van der Waals surface area contributed by atoms with Gasteiger partial charge in [0.1, 0.15) is 11.5 Å². The summed E-state index contributed by atoms with van der Waals surface area (Å²) in [6.45, 7) is 4.31. The first kappa shape index (κ1) is 14.7. The first-order valence-electron chi connectivity index (χ1n) is 6.21. The highest BCUT2D eigenvalue weighted by Gasteiger charge is 2.13. The molecule has 0 aliphatic carbocycles. The molecule has 1 aromatic heterocycles. The maximum atomic E-state index is 11.9. The van der Waals surface area contributed by atoms with Crippen LogP contribution in [0.25, 0.3) is 0 Å². The number of hydrogen-bond acceptors (Lipinski definition) is 4. The zero-order chi connectivity index (χ0) is 13.5. The largest absolute Gasteiger partial charge is 0.464 e. The molecule has 18 heavy (non-hydrogen) atoms. The predicted molar refractivity (Wildman–Crippen MR) is 71.1 cm³/mol. The Balaban J connectivity index is 2.36. The number of furan rings is 1. The molecule has 5 nitrogen and oxygen atoms in total. The van der Waals surface area contributed by atoms with E-state index in [1.165, 1.54) is 0 Å². The van der Waals surface area contributed by atoms with Crippen LogP contribution in [0.5, 0.6) is 0 Å². The Labute approximate surface area is 109 Å². The quantitative estimate of drug-likeness (QED) is 0.781. The number of hydrogen-bond donors (Lipinski definition) is 1. The van der Waals surface area contributed by atoms with Gasteiger partial charge in [-0.3, -0.25) is 9.69 Å². The number of carbonyl (C=O) groups is 1. The molecule has 0 unspecified atom stereocenters. The lowest BCUT2D eigenvalue weighted by Crippen LogP contribution is -2.36. The summed E-state index contributed by atoms with van der Waals surface area (Å²) in [5.41, 5.74) is 5.44. The SMILES string of the molecule is Cc1ccc(CN(C)C(=O)CN(C)CCCN)o1. The van der Waals surface area contributed by atoms with Crippen molar-refractivity contribution in [2.24, 2.45) is 5.73 Å². The second kappa shape index (κ2) is 7.18. The maximum Gasteiger partial charge on any atom is 0.236 e. The predicted octanol–water partition coefficient (Wildman–Crippen LogP) is 0.827. The molecule has 0 fully saturated rings. The Morgan fingerprint density at radius 3 is 2.67 bits per heavy atom. The second-order valence-corrected chi connectivity index (χ2v) is 4.64. The van der Waals surface area contributed by atoms with E-state index < -0.39 is 0 Å². The highest BCUT2D eigenvalue weighted by Crippen LogP contribution is 2.08. The molecule has 0 aromatic carbocycles. The van der Waals surface area contributed by atoms with Gasteiger partial charge in [0.2, 0.25) is 5.91 Å². The fraction of sp³-hybridized carbons (Fsp3) is 0.615. The Morgan fingerprint density at radius 1 is 1.39 bits per heavy atom. The van der Waals surface area contributed by atoms with Crippen molar-refractivity contribution in [1.82, 2.24) is 9.80 Å². The summed E-state index contributed by atoms with van der Waals surface area (Å²) in [7, 11) is 3.72. The van der Waals surface area contributed by atoms with Gasteiger partial charge in [-0.2, -0.15) is 0 Å². The van der Waals surface area contributed by atoms with Crippen LogP contribution in [0, 0.1) is 6.92 Å². The third-order valence-corrected chi connectivity index (χ3v) is 2.76. The van der Waals surface area contributed by atoms with Crippen molar-refractivity contribution in [3.8, 4) is 0 Å². The summed E-state index contributed by atoms with van der Waals surface area (Å²) in [6.07, 6.45) is 0.908. The van der Waals surface area contributed by atoms with E-state index in [2.05, 4.69) is 0 Å². The first-order chi connectivity index (χ1) is 8.52. The molecule has 0 bridgehead atoms. The highest BCUT2D eigenvalue weighted by atomic mass is 16.3. The third-order valence-electron chi connectivity index (χ3n) is 2.76. The lowest BCUT2D eigenvalue weighted by molar-refractivity contribution is -0.131. The van der Waals surface area contributed by atoms with Crippen molar-refractivity contribution < 1.29 is 9.21 Å². The van der Waals surface area contributed by atoms with E-state index >= 15 is 0 Å². The second-order valence-electron chi connectivity index (χ2n) is 4.64. The van der Waals surface area contributed by atoms with Crippen molar-refractivity contribution >= 4 is 5.91 Å². The minimum absolute atomic E-state index is 0.0866. The Bertz CT molecular complexity index is 376. The Kier molecular flexibility index (Phi) is 5.88. The van der Waals surface area contributed by atoms with Gasteiger partial charge < -0.3 is 15.1 Å². The molecule has 1 rings (SSSR count). The fourth-order valence-electron chi connectivity index (χ4n) is 1.68. The van der Waals surface area contributed by atoms with Crippen LogP contribution in [0.1, 0.15) is 17.9 Å². The van der Waals surface area contributed by atoms with Crippen molar-refractivity contribution in [3.63, 3.8) is 0 Å². The van der Waals surface area contributed by atoms with Gasteiger partial charge in [0.15, 0.2) is 0 Å². The average Bonchev–Trinajstić information content (AvgIpc) is 2.72. The van der Waals surface area contributed by atoms with Crippen LogP contribution in [0.3, 0.4) is 0 Å². The monoisotopic (exact) mass is 253 g/mol. The molecule has 102 valence electrons. The number of nitrogens with zero attached hydrogens (tertiary/aromatic N) is 2. The average molecular weight is 253 g/mol. The minimum atomic E-state index is 0.0866. The molecule has 2 N–H and O–H groups in total. The minimum Gasteiger partial charge on any atom is -0.464 e. The van der Waals surface area contributed by atoms with Gasteiger partial charge >= 0.3 is 0 Å². The van der Waals surface area contributed by atoms with E-state index in [4.69, 9.17) is 10.2 Å². The van der Waals surface area contributed by atoms with Gasteiger partial charge in [0, 0.05) is 7.05 Å². The van der Waals surface area contributed by atoms with Crippen LogP contribution in [0.2, 0.25) is 0 Å². The molecule has 0 saturated carbocycles. The lowest BCUT2D eigenvalue weighted by atomic mass is 10.3. The van der Waals surface area contributed by atoms with Crippen LogP contribution >= 0.6 is 0 Å². The maximum absolute atomic E-state index is 11.9. The smallest absolute Gasteiger partial charge is 0.236 e. The van der Waals surface area contributed by atoms with Crippen LogP contribution in [0.4, 0.5) is 0 Å². The van der Waals surface area contributed by atoms with Gasteiger partial charge in [0.05, 0.1) is 13.1 Å². The number of nitrogens with two attached hydrogens (primary N) is 1. The van der Waals surface area contributed by atoms with Gasteiger partial charge in [-0.25, -0.2) is 0 Å². The van der Waals surface area contributed by atoms with Gasteiger partial charge in [-0.05, 0) is 45.6 Å².